The number of likely N-dealkylation sites (tertiary alicyclic amines) is 1. The Morgan fingerprint density at radius 3 is 2.20 bits per heavy atom. The second-order valence-corrected chi connectivity index (χ2v) is 7.71. The van der Waals surface area contributed by atoms with Gasteiger partial charge in [-0.05, 0) is 51.0 Å². The first-order valence-corrected chi connectivity index (χ1v) is 10.1. The maximum absolute atomic E-state index is 13.9. The molecule has 30 heavy (non-hydrogen) atoms. The van der Waals surface area contributed by atoms with E-state index in [0.717, 1.165) is 0 Å². The molecule has 1 aliphatic rings. The van der Waals surface area contributed by atoms with Crippen LogP contribution in [0.4, 0.5) is 10.1 Å². The average molecular weight is 411 g/mol. The average Bonchev–Trinajstić information content (AvgIpc) is 2.73. The summed E-state index contributed by atoms with van der Waals surface area (Å²) in [5, 5.41) is 5.68. The number of para-hydroxylation sites is 1. The Morgan fingerprint density at radius 1 is 0.967 bits per heavy atom. The molecule has 1 aliphatic heterocycles. The molecule has 6 nitrogen and oxygen atoms in total. The molecule has 1 saturated heterocycles. The molecule has 3 amide bonds. The Morgan fingerprint density at radius 2 is 1.57 bits per heavy atom. The summed E-state index contributed by atoms with van der Waals surface area (Å²) in [6.07, 6.45) is 0.957. The number of amides is 3. The zero-order valence-corrected chi connectivity index (χ0v) is 17.2. The summed E-state index contributed by atoms with van der Waals surface area (Å²) < 4.78 is 13.9. The lowest BCUT2D eigenvalue weighted by Crippen LogP contribution is -2.41. The lowest BCUT2D eigenvalue weighted by atomic mass is 9.95. The van der Waals surface area contributed by atoms with Crippen molar-refractivity contribution < 1.29 is 18.8 Å². The molecule has 0 saturated carbocycles. The number of nitrogens with zero attached hydrogens (tertiary/aromatic N) is 1. The molecule has 0 spiro atoms. The molecule has 1 heterocycles. The number of carbonyl (C=O) groups is 3. The first-order chi connectivity index (χ1) is 14.4. The van der Waals surface area contributed by atoms with Crippen LogP contribution in [-0.4, -0.2) is 41.8 Å². The molecule has 0 unspecified atom stereocenters. The van der Waals surface area contributed by atoms with E-state index in [4.69, 9.17) is 0 Å². The third-order valence-electron chi connectivity index (χ3n) is 5.11. The van der Waals surface area contributed by atoms with Gasteiger partial charge >= 0.3 is 0 Å². The fraction of sp³-hybridized carbons (Fsp3) is 0.348. The lowest BCUT2D eigenvalue weighted by Gasteiger charge is -2.31. The van der Waals surface area contributed by atoms with Crippen molar-refractivity contribution in [2.75, 3.05) is 18.4 Å². The Labute approximate surface area is 175 Å². The maximum atomic E-state index is 13.9. The summed E-state index contributed by atoms with van der Waals surface area (Å²) in [7, 11) is 0. The van der Waals surface area contributed by atoms with Gasteiger partial charge < -0.3 is 15.5 Å². The van der Waals surface area contributed by atoms with Gasteiger partial charge in [-0.15, -0.1) is 0 Å². The Bertz CT molecular complexity index is 937. The van der Waals surface area contributed by atoms with Crippen LogP contribution in [-0.2, 0) is 4.79 Å². The van der Waals surface area contributed by atoms with E-state index >= 15 is 0 Å². The molecule has 0 bridgehead atoms. The number of benzene rings is 2. The van der Waals surface area contributed by atoms with E-state index in [1.165, 1.54) is 12.1 Å². The summed E-state index contributed by atoms with van der Waals surface area (Å²) in [4.78, 5) is 39.2. The van der Waals surface area contributed by atoms with E-state index < -0.39 is 5.82 Å². The van der Waals surface area contributed by atoms with Crippen molar-refractivity contribution in [1.29, 1.82) is 0 Å². The van der Waals surface area contributed by atoms with Gasteiger partial charge in [-0.25, -0.2) is 4.39 Å². The molecule has 3 rings (SSSR count). The SMILES string of the molecule is CC(C)NC(=O)c1ccccc1NC(=O)C1CCN(C(=O)c2ccccc2F)CC1. The molecule has 0 aliphatic carbocycles. The molecule has 158 valence electrons. The molecule has 0 aromatic heterocycles. The quantitative estimate of drug-likeness (QED) is 0.791. The minimum Gasteiger partial charge on any atom is -0.350 e. The summed E-state index contributed by atoms with van der Waals surface area (Å²) in [5.74, 6) is -1.61. The second kappa shape index (κ2) is 9.52. The predicted molar refractivity (Wildman–Crippen MR) is 113 cm³/mol. The molecule has 1 fully saturated rings. The highest BCUT2D eigenvalue weighted by Crippen LogP contribution is 2.23. The van der Waals surface area contributed by atoms with Crippen LogP contribution in [0.2, 0.25) is 0 Å². The number of rotatable bonds is 5. The summed E-state index contributed by atoms with van der Waals surface area (Å²) >= 11 is 0. The zero-order chi connectivity index (χ0) is 21.7. The zero-order valence-electron chi connectivity index (χ0n) is 17.2. The highest BCUT2D eigenvalue weighted by Gasteiger charge is 2.29. The monoisotopic (exact) mass is 411 g/mol. The van der Waals surface area contributed by atoms with Gasteiger partial charge in [0.15, 0.2) is 0 Å². The molecule has 2 aromatic rings. The van der Waals surface area contributed by atoms with Gasteiger partial charge in [-0.1, -0.05) is 24.3 Å². The summed E-state index contributed by atoms with van der Waals surface area (Å²) in [6.45, 7) is 4.49. The van der Waals surface area contributed by atoms with Crippen molar-refractivity contribution >= 4 is 23.4 Å². The summed E-state index contributed by atoms with van der Waals surface area (Å²) in [6, 6.07) is 12.8. The van der Waals surface area contributed by atoms with Crippen LogP contribution in [0.15, 0.2) is 48.5 Å². The van der Waals surface area contributed by atoms with Crippen molar-refractivity contribution in [2.24, 2.45) is 5.92 Å². The molecular weight excluding hydrogens is 385 g/mol. The Kier molecular flexibility index (Phi) is 6.82. The largest absolute Gasteiger partial charge is 0.350 e. The topological polar surface area (TPSA) is 78.5 Å². The van der Waals surface area contributed by atoms with Crippen LogP contribution in [0.5, 0.6) is 0 Å². The maximum Gasteiger partial charge on any atom is 0.256 e. The van der Waals surface area contributed by atoms with Crippen molar-refractivity contribution in [1.82, 2.24) is 10.2 Å². The van der Waals surface area contributed by atoms with Crippen molar-refractivity contribution in [2.45, 2.75) is 32.7 Å². The van der Waals surface area contributed by atoms with Gasteiger partial charge in [0.05, 0.1) is 16.8 Å². The van der Waals surface area contributed by atoms with Gasteiger partial charge in [-0.3, -0.25) is 14.4 Å². The van der Waals surface area contributed by atoms with Gasteiger partial charge in [0.1, 0.15) is 5.82 Å². The number of piperidine rings is 1. The van der Waals surface area contributed by atoms with Crippen molar-refractivity contribution in [3.63, 3.8) is 0 Å². The molecule has 7 heteroatoms. The highest BCUT2D eigenvalue weighted by molar-refractivity contribution is 6.04. The minimum atomic E-state index is -0.543. The lowest BCUT2D eigenvalue weighted by molar-refractivity contribution is -0.121. The fourth-order valence-corrected chi connectivity index (χ4v) is 3.51. The van der Waals surface area contributed by atoms with Crippen LogP contribution in [0.1, 0.15) is 47.4 Å². The van der Waals surface area contributed by atoms with Crippen molar-refractivity contribution in [3.8, 4) is 0 Å². The summed E-state index contributed by atoms with van der Waals surface area (Å²) in [5.41, 5.74) is 0.919. The van der Waals surface area contributed by atoms with Crippen molar-refractivity contribution in [3.05, 3.63) is 65.5 Å². The van der Waals surface area contributed by atoms with E-state index in [9.17, 15) is 18.8 Å². The van der Waals surface area contributed by atoms with Crippen LogP contribution >= 0.6 is 0 Å². The van der Waals surface area contributed by atoms with Gasteiger partial charge in [-0.2, -0.15) is 0 Å². The van der Waals surface area contributed by atoms with Gasteiger partial charge in [0, 0.05) is 25.0 Å². The molecule has 2 N–H and O–H groups in total. The molecule has 2 aromatic carbocycles. The van der Waals surface area contributed by atoms with Gasteiger partial charge in [0.2, 0.25) is 5.91 Å². The third-order valence-corrected chi connectivity index (χ3v) is 5.11. The molecular formula is C23H26FN3O3. The van der Waals surface area contributed by atoms with Crippen LogP contribution in [0.25, 0.3) is 0 Å². The number of anilines is 1. The van der Waals surface area contributed by atoms with Gasteiger partial charge in [0.25, 0.3) is 11.8 Å². The fourth-order valence-electron chi connectivity index (χ4n) is 3.51. The number of hydrogen-bond donors (Lipinski definition) is 2. The third kappa shape index (κ3) is 5.03. The highest BCUT2D eigenvalue weighted by atomic mass is 19.1. The van der Waals surface area contributed by atoms with E-state index in [0.29, 0.717) is 37.2 Å². The standard InChI is InChI=1S/C23H26FN3O3/c1-15(2)25-22(29)18-8-4-6-10-20(18)26-21(28)16-11-13-27(14-12-16)23(30)17-7-3-5-9-19(17)24/h3-10,15-16H,11-14H2,1-2H3,(H,25,29)(H,26,28). The van der Waals surface area contributed by atoms with E-state index in [-0.39, 0.29) is 35.2 Å². The second-order valence-electron chi connectivity index (χ2n) is 7.71. The first kappa shape index (κ1) is 21.5. The number of halogens is 1. The van der Waals surface area contributed by atoms with E-state index in [2.05, 4.69) is 10.6 Å². The van der Waals surface area contributed by atoms with Crippen LogP contribution in [0, 0.1) is 11.7 Å². The Balaban J connectivity index is 1.61. The van der Waals surface area contributed by atoms with E-state index in [1.807, 2.05) is 13.8 Å². The number of carbonyl (C=O) groups excluding carboxylic acids is 3. The predicted octanol–water partition coefficient (Wildman–Crippen LogP) is 3.45. The normalized spacial score (nSPS) is 14.5. The molecule has 0 atom stereocenters. The number of hydrogen-bond acceptors (Lipinski definition) is 3. The van der Waals surface area contributed by atoms with E-state index in [1.54, 1.807) is 41.3 Å². The molecule has 0 radical (unpaired) electrons. The first-order valence-electron chi connectivity index (χ1n) is 10.1. The number of nitrogens with one attached hydrogen (secondary N) is 2. The Hall–Kier alpha value is -3.22. The van der Waals surface area contributed by atoms with Crippen LogP contribution in [0.3, 0.4) is 0 Å². The smallest absolute Gasteiger partial charge is 0.256 e. The van der Waals surface area contributed by atoms with Crippen LogP contribution < -0.4 is 10.6 Å². The minimum absolute atomic E-state index is 0.0161.